The van der Waals surface area contributed by atoms with Crippen LogP contribution >= 0.6 is 0 Å². The van der Waals surface area contributed by atoms with Crippen molar-refractivity contribution in [2.45, 2.75) is 18.9 Å². The molecule has 5 heteroatoms. The highest BCUT2D eigenvalue weighted by atomic mass is 16.4. The lowest BCUT2D eigenvalue weighted by Gasteiger charge is -2.08. The molecule has 58 valence electrons. The highest BCUT2D eigenvalue weighted by Gasteiger charge is 2.05. The Balaban J connectivity index is 3.49. The molecular weight excluding hydrogens is 138 g/mol. The van der Waals surface area contributed by atoms with Crippen molar-refractivity contribution >= 4 is 11.9 Å². The van der Waals surface area contributed by atoms with Gasteiger partial charge < -0.3 is 25.5 Å². The normalized spacial score (nSPS) is 12.5. The van der Waals surface area contributed by atoms with Crippen molar-refractivity contribution in [3.05, 3.63) is 0 Å². The Morgan fingerprint density at radius 1 is 1.40 bits per heavy atom. The number of carboxylic acids is 2. The van der Waals surface area contributed by atoms with Crippen molar-refractivity contribution in [2.75, 3.05) is 0 Å². The minimum Gasteiger partial charge on any atom is -0.550 e. The van der Waals surface area contributed by atoms with Crippen LogP contribution in [0, 0.1) is 0 Å². The van der Waals surface area contributed by atoms with Gasteiger partial charge in [-0.2, -0.15) is 0 Å². The highest BCUT2D eigenvalue weighted by molar-refractivity contribution is 5.71. The predicted octanol–water partition coefficient (Wildman–Crippen LogP) is -4.12. The van der Waals surface area contributed by atoms with Gasteiger partial charge in [-0.1, -0.05) is 0 Å². The van der Waals surface area contributed by atoms with Crippen LogP contribution in [0.5, 0.6) is 0 Å². The largest absolute Gasteiger partial charge is 0.550 e. The maximum absolute atomic E-state index is 9.92. The fourth-order valence-electron chi connectivity index (χ4n) is 0.410. The summed E-state index contributed by atoms with van der Waals surface area (Å²) in [6.07, 6.45) is -0.327. The fraction of sp³-hybridized carbons (Fsp3) is 0.600. The lowest BCUT2D eigenvalue weighted by Crippen LogP contribution is -2.68. The monoisotopic (exact) mass is 146 g/mol. The second-order valence-corrected chi connectivity index (χ2v) is 1.93. The SMILES string of the molecule is [NH3+][C@H](CCC(=O)[O-])C(=O)[O-]. The fourth-order valence-corrected chi connectivity index (χ4v) is 0.410. The van der Waals surface area contributed by atoms with Crippen LogP contribution in [0.25, 0.3) is 0 Å². The quantitative estimate of drug-likeness (QED) is 0.434. The molecule has 0 amide bonds. The Morgan fingerprint density at radius 2 is 1.90 bits per heavy atom. The number of rotatable bonds is 4. The van der Waals surface area contributed by atoms with Gasteiger partial charge in [-0.3, -0.25) is 0 Å². The van der Waals surface area contributed by atoms with Crippen molar-refractivity contribution in [3.8, 4) is 0 Å². The van der Waals surface area contributed by atoms with Gasteiger partial charge in [0.25, 0.3) is 0 Å². The van der Waals surface area contributed by atoms with Gasteiger partial charge in [-0.05, 0) is 6.42 Å². The number of carbonyl (C=O) groups excluding carboxylic acids is 2. The molecule has 0 aromatic rings. The molecule has 3 N–H and O–H groups in total. The first-order chi connectivity index (χ1) is 4.54. The summed E-state index contributed by atoms with van der Waals surface area (Å²) in [5, 5.41) is 19.7. The Labute approximate surface area is 57.5 Å². The zero-order valence-electron chi connectivity index (χ0n) is 5.33. The molecule has 0 radical (unpaired) electrons. The number of aliphatic carboxylic acids is 2. The number of hydrogen-bond acceptors (Lipinski definition) is 4. The summed E-state index contributed by atoms with van der Waals surface area (Å²) in [4.78, 5) is 19.7. The first-order valence-electron chi connectivity index (χ1n) is 2.78. The first-order valence-corrected chi connectivity index (χ1v) is 2.78. The number of quaternary nitrogens is 1. The molecule has 0 spiro atoms. The third-order valence-corrected chi connectivity index (χ3v) is 1.03. The van der Waals surface area contributed by atoms with Gasteiger partial charge in [0, 0.05) is 12.4 Å². The second-order valence-electron chi connectivity index (χ2n) is 1.93. The summed E-state index contributed by atoms with van der Waals surface area (Å²) in [6, 6.07) is -0.960. The molecule has 0 saturated heterocycles. The summed E-state index contributed by atoms with van der Waals surface area (Å²) in [6.45, 7) is 0. The van der Waals surface area contributed by atoms with Gasteiger partial charge >= 0.3 is 0 Å². The Morgan fingerprint density at radius 3 is 2.20 bits per heavy atom. The van der Waals surface area contributed by atoms with Crippen LogP contribution in [0.15, 0.2) is 0 Å². The molecule has 5 nitrogen and oxygen atoms in total. The molecule has 0 aliphatic carbocycles. The van der Waals surface area contributed by atoms with E-state index in [-0.39, 0.29) is 12.8 Å². The van der Waals surface area contributed by atoms with E-state index >= 15 is 0 Å². The smallest absolute Gasteiger partial charge is 0.125 e. The second kappa shape index (κ2) is 3.84. The van der Waals surface area contributed by atoms with Gasteiger partial charge in [0.1, 0.15) is 6.04 Å². The maximum atomic E-state index is 9.92. The van der Waals surface area contributed by atoms with E-state index in [9.17, 15) is 19.8 Å². The van der Waals surface area contributed by atoms with Crippen LogP contribution < -0.4 is 15.9 Å². The number of carbonyl (C=O) groups is 2. The molecule has 0 saturated carbocycles. The van der Waals surface area contributed by atoms with Crippen LogP contribution in [0.4, 0.5) is 0 Å². The van der Waals surface area contributed by atoms with E-state index in [1.807, 2.05) is 0 Å². The van der Waals surface area contributed by atoms with Crippen molar-refractivity contribution < 1.29 is 25.5 Å². The van der Waals surface area contributed by atoms with Crippen LogP contribution in [0.2, 0.25) is 0 Å². The average Bonchev–Trinajstić information content (AvgIpc) is 1.82. The summed E-state index contributed by atoms with van der Waals surface area (Å²) in [7, 11) is 0. The molecule has 0 aliphatic heterocycles. The van der Waals surface area contributed by atoms with Gasteiger partial charge in [-0.25, -0.2) is 0 Å². The van der Waals surface area contributed by atoms with Crippen molar-refractivity contribution in [1.29, 1.82) is 0 Å². The number of hydrogen-bond donors (Lipinski definition) is 1. The molecule has 0 aromatic heterocycles. The molecule has 0 heterocycles. The van der Waals surface area contributed by atoms with Gasteiger partial charge in [0.2, 0.25) is 0 Å². The van der Waals surface area contributed by atoms with Gasteiger partial charge in [0.05, 0.1) is 5.97 Å². The Kier molecular flexibility index (Phi) is 3.42. The van der Waals surface area contributed by atoms with E-state index in [2.05, 4.69) is 5.73 Å². The molecule has 0 aliphatic rings. The minimum atomic E-state index is -1.33. The average molecular weight is 146 g/mol. The standard InChI is InChI=1S/C5H9NO4/c6-3(5(9)10)1-2-4(7)8/h3H,1-2,6H2,(H,7,8)(H,9,10)/p-1/t3-/m1/s1. The summed E-state index contributed by atoms with van der Waals surface area (Å²) < 4.78 is 0. The van der Waals surface area contributed by atoms with E-state index in [1.54, 1.807) is 0 Å². The third kappa shape index (κ3) is 3.85. The van der Waals surface area contributed by atoms with Crippen molar-refractivity contribution in [1.82, 2.24) is 0 Å². The molecule has 0 unspecified atom stereocenters. The number of carboxylic acid groups (broad SMARTS) is 2. The van der Waals surface area contributed by atoms with Gasteiger partial charge in [-0.15, -0.1) is 0 Å². The molecule has 0 bridgehead atoms. The van der Waals surface area contributed by atoms with E-state index in [4.69, 9.17) is 0 Å². The molecular formula is C5H8NO4-. The lowest BCUT2D eigenvalue weighted by atomic mass is 10.2. The van der Waals surface area contributed by atoms with Crippen molar-refractivity contribution in [3.63, 3.8) is 0 Å². The molecule has 10 heavy (non-hydrogen) atoms. The first kappa shape index (κ1) is 8.90. The topological polar surface area (TPSA) is 108 Å². The lowest BCUT2D eigenvalue weighted by molar-refractivity contribution is -0.438. The van der Waals surface area contributed by atoms with Crippen LogP contribution in [-0.2, 0) is 9.59 Å². The van der Waals surface area contributed by atoms with E-state index < -0.39 is 18.0 Å². The van der Waals surface area contributed by atoms with Crippen LogP contribution in [-0.4, -0.2) is 18.0 Å². The van der Waals surface area contributed by atoms with E-state index in [0.717, 1.165) is 0 Å². The van der Waals surface area contributed by atoms with Crippen LogP contribution in [0.3, 0.4) is 0 Å². The summed E-state index contributed by atoms with van der Waals surface area (Å²) >= 11 is 0. The minimum absolute atomic E-state index is 0.0370. The molecule has 1 atom stereocenters. The summed E-state index contributed by atoms with van der Waals surface area (Å²) in [5.41, 5.74) is 3.16. The molecule has 0 aromatic carbocycles. The Bertz CT molecular complexity index is 145. The zero-order valence-corrected chi connectivity index (χ0v) is 5.33. The summed E-state index contributed by atoms with van der Waals surface area (Å²) in [5.74, 6) is -2.60. The molecule has 0 rings (SSSR count). The highest BCUT2D eigenvalue weighted by Crippen LogP contribution is 1.88. The van der Waals surface area contributed by atoms with E-state index in [1.165, 1.54) is 0 Å². The maximum Gasteiger partial charge on any atom is 0.125 e. The Hall–Kier alpha value is -1.10. The van der Waals surface area contributed by atoms with Gasteiger partial charge in [0.15, 0.2) is 0 Å². The van der Waals surface area contributed by atoms with Crippen LogP contribution in [0.1, 0.15) is 12.8 Å². The third-order valence-electron chi connectivity index (χ3n) is 1.03. The van der Waals surface area contributed by atoms with E-state index in [0.29, 0.717) is 0 Å². The van der Waals surface area contributed by atoms with Crippen molar-refractivity contribution in [2.24, 2.45) is 0 Å². The zero-order chi connectivity index (χ0) is 8.15. The predicted molar refractivity (Wildman–Crippen MR) is 25.9 cm³/mol. The molecule has 0 fully saturated rings.